The summed E-state index contributed by atoms with van der Waals surface area (Å²) in [4.78, 5) is 11.2. The van der Waals surface area contributed by atoms with Crippen LogP contribution in [0, 0.1) is 11.6 Å². The second kappa shape index (κ2) is 30.3. The molecule has 2 aromatic heterocycles. The molecule has 0 saturated heterocycles. The number of benzene rings is 14. The first-order chi connectivity index (χ1) is 46.2. The number of phenols is 2. The van der Waals surface area contributed by atoms with Gasteiger partial charge in [0.1, 0.15) is 45.5 Å². The van der Waals surface area contributed by atoms with Gasteiger partial charge in [0.05, 0.1) is 0 Å². The smallest absolute Gasteiger partial charge is 1.00 e. The van der Waals surface area contributed by atoms with Crippen LogP contribution in [0.2, 0.25) is 0 Å². The van der Waals surface area contributed by atoms with Crippen molar-refractivity contribution in [2.24, 2.45) is 0 Å². The van der Waals surface area contributed by atoms with Gasteiger partial charge in [0.15, 0.2) is 0 Å². The van der Waals surface area contributed by atoms with Crippen molar-refractivity contribution in [2.75, 3.05) is 0 Å². The minimum atomic E-state index is -0.821. The fraction of sp³-hybridized carbons (Fsp3) is 0. The quantitative estimate of drug-likeness (QED) is 0.0573. The number of phenolic OH excluding ortho intramolecular Hbond substituents is 2. The molecule has 0 amide bonds. The van der Waals surface area contributed by atoms with Crippen molar-refractivity contribution in [3.63, 3.8) is 0 Å². The number of fused-ring (bicyclic) bond motifs is 6. The van der Waals surface area contributed by atoms with E-state index in [-0.39, 0.29) is 144 Å². The van der Waals surface area contributed by atoms with Gasteiger partial charge in [-0.05, 0) is 103 Å². The number of hydrogen-bond acceptors (Lipinski definition) is 7. The summed E-state index contributed by atoms with van der Waals surface area (Å²) in [6, 6.07) is 103. The van der Waals surface area contributed by atoms with Crippen LogP contribution in [0.3, 0.4) is 0 Å². The SMILES string of the molecule is O=CO[O-].Oc1c(-c2cccc(-c3ccccc3)c2)cccc1-c1cc(-c2cccc(-c3cccc(-c4ccccc4)c3)c2O)c(F)cc1F.[H-].[K+].[K+].c1ccc(-c2cccc(-c3cccc4c3oc3cc5oc6c(-c7cccc(-c8ccccc8)c7)cccc6c5cc34)c2)cc1. The predicted octanol–water partition coefficient (Wildman–Crippen LogP) is 16.1. The fourth-order valence-corrected chi connectivity index (χ4v) is 12.5. The summed E-state index contributed by atoms with van der Waals surface area (Å²) in [6.07, 6.45) is 0. The summed E-state index contributed by atoms with van der Waals surface area (Å²) in [5, 5.41) is 35.8. The first-order valence-electron chi connectivity index (χ1n) is 30.5. The molecule has 0 aliphatic rings. The third-order valence-electron chi connectivity index (χ3n) is 17.0. The van der Waals surface area contributed by atoms with Gasteiger partial charge >= 0.3 is 103 Å². The Bertz CT molecular complexity index is 5130. The Balaban J connectivity index is 0.000000181. The van der Waals surface area contributed by atoms with Gasteiger partial charge < -0.3 is 30.6 Å². The molecule has 16 aromatic rings. The topological polar surface area (TPSA) is 116 Å². The van der Waals surface area contributed by atoms with Gasteiger partial charge in [0, 0.05) is 78.2 Å². The molecule has 0 radical (unpaired) electrons. The van der Waals surface area contributed by atoms with E-state index in [4.69, 9.17) is 18.9 Å². The zero-order valence-electron chi connectivity index (χ0n) is 53.3. The molecule has 16 rings (SSSR count). The van der Waals surface area contributed by atoms with E-state index in [1.54, 1.807) is 36.4 Å². The standard InChI is InChI=1S/C42H28F2O2.C42H26O2.CH2O3.2K.H/c43-39-26-40(44)38(36-22-10-20-34(42(36)46)32-18-8-16-30(24-32)28-13-5-2-6-14-28)25-37(39)35-21-9-19-33(41(35)45)31-17-7-15-29(23-31)27-11-3-1-4-12-27;1-3-11-27(12-4-1)29-15-7-17-31(23-29)33-19-9-21-35-37-25-38-36-22-10-20-34(42(36)44-40(38)26-39(37)43-41(33)35)32-18-8-16-30(24-32)28-13-5-2-6-14-28;2-1-4-3;;;/h1-26,45-46H;1-26H;1,3H;;;/q;;;2*+1;-1/p-1. The van der Waals surface area contributed by atoms with Crippen LogP contribution in [-0.4, -0.2) is 16.7 Å². The molecule has 14 aromatic carbocycles. The first kappa shape index (κ1) is 66.8. The van der Waals surface area contributed by atoms with E-state index in [0.717, 1.165) is 106 Å². The monoisotopic (exact) mass is 1300 g/mol. The maximum Gasteiger partial charge on any atom is 1.00 e. The number of carbonyl (C=O) groups is 1. The Labute approximate surface area is 639 Å². The average molecular weight is 1310 g/mol. The van der Waals surface area contributed by atoms with E-state index in [2.05, 4.69) is 150 Å². The zero-order chi connectivity index (χ0) is 64.1. The molecule has 2 heterocycles. The summed E-state index contributed by atoms with van der Waals surface area (Å²) >= 11 is 0. The van der Waals surface area contributed by atoms with E-state index >= 15 is 8.78 Å². The van der Waals surface area contributed by atoms with Gasteiger partial charge in [-0.25, -0.2) is 8.78 Å². The normalized spacial score (nSPS) is 10.8. The summed E-state index contributed by atoms with van der Waals surface area (Å²) < 4.78 is 44.2. The van der Waals surface area contributed by atoms with Crippen molar-refractivity contribution in [3.8, 4) is 123 Å². The summed E-state index contributed by atoms with van der Waals surface area (Å²) in [6.45, 7) is -0.181. The number of aromatic hydroxyl groups is 2. The van der Waals surface area contributed by atoms with Gasteiger partial charge in [0.25, 0.3) is 6.47 Å². The van der Waals surface area contributed by atoms with Gasteiger partial charge in [0.2, 0.25) is 0 Å². The summed E-state index contributed by atoms with van der Waals surface area (Å²) in [5.74, 6) is -1.89. The summed E-state index contributed by atoms with van der Waals surface area (Å²) in [7, 11) is 0. The Morgan fingerprint density at radius 1 is 0.292 bits per heavy atom. The van der Waals surface area contributed by atoms with Crippen LogP contribution < -0.4 is 108 Å². The Kier molecular flexibility index (Phi) is 21.1. The molecule has 96 heavy (non-hydrogen) atoms. The maximum absolute atomic E-state index is 15.5. The van der Waals surface area contributed by atoms with Crippen LogP contribution in [0.25, 0.3) is 155 Å². The van der Waals surface area contributed by atoms with Crippen molar-refractivity contribution in [2.45, 2.75) is 0 Å². The maximum atomic E-state index is 15.5. The minimum Gasteiger partial charge on any atom is -1.00 e. The number of carbonyl (C=O) groups excluding carboxylic acids is 1. The van der Waals surface area contributed by atoms with Crippen molar-refractivity contribution >= 4 is 50.3 Å². The molecule has 0 fully saturated rings. The molecular weight excluding hydrogens is 1250 g/mol. The van der Waals surface area contributed by atoms with Crippen LogP contribution in [0.15, 0.2) is 324 Å². The van der Waals surface area contributed by atoms with Crippen molar-refractivity contribution in [3.05, 3.63) is 327 Å². The average Bonchev–Trinajstić information content (AvgIpc) is 1.73. The van der Waals surface area contributed by atoms with Crippen LogP contribution in [0.1, 0.15) is 1.43 Å². The zero-order valence-corrected chi connectivity index (χ0v) is 58.5. The van der Waals surface area contributed by atoms with Crippen molar-refractivity contribution in [1.82, 2.24) is 0 Å². The molecular formula is C85H56F2K2O7. The Morgan fingerprint density at radius 3 is 0.896 bits per heavy atom. The number of para-hydroxylation sites is 4. The van der Waals surface area contributed by atoms with Crippen LogP contribution >= 0.6 is 0 Å². The molecule has 0 unspecified atom stereocenters. The molecule has 454 valence electrons. The number of hydrogen-bond donors (Lipinski definition) is 2. The van der Waals surface area contributed by atoms with Gasteiger partial charge in [-0.2, -0.15) is 0 Å². The van der Waals surface area contributed by atoms with Gasteiger partial charge in [-0.1, -0.05) is 267 Å². The first-order valence-corrected chi connectivity index (χ1v) is 30.5. The number of furan rings is 2. The van der Waals surface area contributed by atoms with Crippen LogP contribution in [0.5, 0.6) is 11.5 Å². The molecule has 0 aliphatic carbocycles. The van der Waals surface area contributed by atoms with Gasteiger partial charge in [-0.3, -0.25) is 4.79 Å². The second-order valence-electron chi connectivity index (χ2n) is 22.6. The third kappa shape index (κ3) is 13.8. The van der Waals surface area contributed by atoms with E-state index in [0.29, 0.717) is 11.1 Å². The molecule has 0 saturated carbocycles. The Morgan fingerprint density at radius 2 is 0.562 bits per heavy atom. The molecule has 0 spiro atoms. The second-order valence-corrected chi connectivity index (χ2v) is 22.6. The predicted molar refractivity (Wildman–Crippen MR) is 373 cm³/mol. The molecule has 7 nitrogen and oxygen atoms in total. The van der Waals surface area contributed by atoms with E-state index in [9.17, 15) is 10.2 Å². The fourth-order valence-electron chi connectivity index (χ4n) is 12.5. The van der Waals surface area contributed by atoms with E-state index in [1.807, 2.05) is 121 Å². The molecule has 0 bridgehead atoms. The van der Waals surface area contributed by atoms with Crippen molar-refractivity contribution in [1.29, 1.82) is 0 Å². The number of halogens is 2. The number of rotatable bonds is 11. The molecule has 0 atom stereocenters. The molecule has 2 N–H and O–H groups in total. The Hall–Kier alpha value is -9.16. The van der Waals surface area contributed by atoms with Crippen LogP contribution in [-0.2, 0) is 9.68 Å². The van der Waals surface area contributed by atoms with E-state index in [1.165, 1.54) is 28.3 Å². The van der Waals surface area contributed by atoms with E-state index < -0.39 is 11.6 Å². The molecule has 11 heteroatoms. The van der Waals surface area contributed by atoms with Gasteiger partial charge in [-0.15, -0.1) is 0 Å². The summed E-state index contributed by atoms with van der Waals surface area (Å²) in [5.41, 5.74) is 19.7. The minimum absolute atomic E-state index is 0. The molecule has 0 aliphatic heterocycles. The largest absolute Gasteiger partial charge is 1.00 e. The third-order valence-corrected chi connectivity index (χ3v) is 17.0. The van der Waals surface area contributed by atoms with Crippen LogP contribution in [0.4, 0.5) is 8.78 Å². The van der Waals surface area contributed by atoms with Crippen molar-refractivity contribution < 1.29 is 147 Å².